The number of hydrogen-bond donors (Lipinski definition) is 1. The van der Waals surface area contributed by atoms with E-state index in [9.17, 15) is 14.4 Å². The third-order valence-electron chi connectivity index (χ3n) is 3.09. The Morgan fingerprint density at radius 1 is 1.04 bits per heavy atom. The van der Waals surface area contributed by atoms with E-state index < -0.39 is 17.8 Å². The lowest BCUT2D eigenvalue weighted by Gasteiger charge is -2.08. The number of halogens is 1. The van der Waals surface area contributed by atoms with E-state index in [1.54, 1.807) is 18.2 Å². The summed E-state index contributed by atoms with van der Waals surface area (Å²) in [5.41, 5.74) is 2.71. The van der Waals surface area contributed by atoms with Gasteiger partial charge in [0.25, 0.3) is 5.91 Å². The number of benzene rings is 2. The molecule has 0 aliphatic carbocycles. The van der Waals surface area contributed by atoms with Gasteiger partial charge in [-0.3, -0.25) is 14.4 Å². The second-order valence-electron chi connectivity index (χ2n) is 5.40. The molecular weight excluding hydrogens is 432 g/mol. The van der Waals surface area contributed by atoms with Gasteiger partial charge >= 0.3 is 11.9 Å². The van der Waals surface area contributed by atoms with Crippen molar-refractivity contribution in [2.75, 3.05) is 6.61 Å². The molecule has 1 N–H and O–H groups in total. The number of ether oxygens (including phenoxy) is 3. The van der Waals surface area contributed by atoms with Crippen molar-refractivity contribution in [3.63, 3.8) is 0 Å². The molecule has 0 fully saturated rings. The number of carbonyl (C=O) groups is 3. The smallest absolute Gasteiger partial charge is 0.308 e. The summed E-state index contributed by atoms with van der Waals surface area (Å²) in [4.78, 5) is 34.2. The van der Waals surface area contributed by atoms with Gasteiger partial charge < -0.3 is 14.2 Å². The van der Waals surface area contributed by atoms with E-state index in [1.807, 2.05) is 6.07 Å². The molecule has 0 bridgehead atoms. The van der Waals surface area contributed by atoms with Crippen molar-refractivity contribution in [3.05, 3.63) is 52.5 Å². The molecule has 0 aliphatic rings. The molecule has 0 atom stereocenters. The van der Waals surface area contributed by atoms with Crippen LogP contribution in [0.1, 0.15) is 19.4 Å². The van der Waals surface area contributed by atoms with Gasteiger partial charge in [0.2, 0.25) is 0 Å². The number of para-hydroxylation sites is 1. The van der Waals surface area contributed by atoms with Crippen LogP contribution in [-0.2, 0) is 14.4 Å². The van der Waals surface area contributed by atoms with Crippen LogP contribution in [0.15, 0.2) is 52.0 Å². The number of amides is 1. The first-order chi connectivity index (χ1) is 13.3. The van der Waals surface area contributed by atoms with Crippen LogP contribution in [0.25, 0.3) is 0 Å². The molecule has 1 amide bonds. The van der Waals surface area contributed by atoms with Crippen molar-refractivity contribution in [1.82, 2.24) is 5.43 Å². The van der Waals surface area contributed by atoms with Crippen molar-refractivity contribution < 1.29 is 28.6 Å². The Morgan fingerprint density at radius 3 is 2.43 bits per heavy atom. The minimum Gasteiger partial charge on any atom is -0.483 e. The number of nitrogens with one attached hydrogen (secondary N) is 1. The summed E-state index contributed by atoms with van der Waals surface area (Å²) in [5, 5.41) is 3.82. The fourth-order valence-electron chi connectivity index (χ4n) is 2.01. The van der Waals surface area contributed by atoms with Crippen LogP contribution in [0, 0.1) is 0 Å². The van der Waals surface area contributed by atoms with Gasteiger partial charge in [-0.15, -0.1) is 0 Å². The first kappa shape index (κ1) is 21.1. The van der Waals surface area contributed by atoms with Gasteiger partial charge in [0, 0.05) is 25.5 Å². The predicted octanol–water partition coefficient (Wildman–Crippen LogP) is 2.83. The molecule has 2 rings (SSSR count). The van der Waals surface area contributed by atoms with Gasteiger partial charge in [-0.2, -0.15) is 5.10 Å². The van der Waals surface area contributed by atoms with E-state index >= 15 is 0 Å². The Morgan fingerprint density at radius 2 is 1.75 bits per heavy atom. The molecule has 146 valence electrons. The van der Waals surface area contributed by atoms with E-state index in [4.69, 9.17) is 14.2 Å². The fraction of sp³-hybridized carbons (Fsp3) is 0.158. The first-order valence-electron chi connectivity index (χ1n) is 8.05. The summed E-state index contributed by atoms with van der Waals surface area (Å²) in [6, 6.07) is 11.5. The van der Waals surface area contributed by atoms with Crippen LogP contribution in [-0.4, -0.2) is 30.7 Å². The van der Waals surface area contributed by atoms with Crippen molar-refractivity contribution in [3.8, 4) is 17.2 Å². The highest BCUT2D eigenvalue weighted by Crippen LogP contribution is 2.25. The maximum Gasteiger partial charge on any atom is 0.308 e. The van der Waals surface area contributed by atoms with Gasteiger partial charge in [0.15, 0.2) is 6.61 Å². The molecule has 0 unspecified atom stereocenters. The Bertz CT molecular complexity index is 913. The van der Waals surface area contributed by atoms with E-state index in [2.05, 4.69) is 26.5 Å². The van der Waals surface area contributed by atoms with Gasteiger partial charge in [0.1, 0.15) is 17.2 Å². The molecule has 2 aromatic carbocycles. The molecule has 2 aromatic rings. The number of hydrogen-bond acceptors (Lipinski definition) is 7. The lowest BCUT2D eigenvalue weighted by molar-refractivity contribution is -0.132. The third kappa shape index (κ3) is 6.84. The normalized spacial score (nSPS) is 10.4. The number of esters is 2. The van der Waals surface area contributed by atoms with Crippen molar-refractivity contribution in [1.29, 1.82) is 0 Å². The van der Waals surface area contributed by atoms with Crippen LogP contribution in [0.5, 0.6) is 17.2 Å². The third-order valence-corrected chi connectivity index (χ3v) is 3.74. The van der Waals surface area contributed by atoms with Crippen LogP contribution in [0.3, 0.4) is 0 Å². The first-order valence-corrected chi connectivity index (χ1v) is 8.84. The lowest BCUT2D eigenvalue weighted by atomic mass is 10.2. The number of nitrogens with zero attached hydrogens (tertiary/aromatic N) is 1. The SMILES string of the molecule is CC(=O)Oc1ccc(/C=N/NC(=O)COc2ccccc2Br)c(OC(C)=O)c1. The van der Waals surface area contributed by atoms with Gasteiger partial charge in [0.05, 0.1) is 10.7 Å². The number of rotatable bonds is 7. The quantitative estimate of drug-likeness (QED) is 0.302. The second kappa shape index (κ2) is 10.2. The Kier molecular flexibility index (Phi) is 7.70. The Hall–Kier alpha value is -3.20. The summed E-state index contributed by atoms with van der Waals surface area (Å²) in [7, 11) is 0. The molecule has 0 aliphatic heterocycles. The molecule has 8 nitrogen and oxygen atoms in total. The van der Waals surface area contributed by atoms with E-state index in [0.29, 0.717) is 11.3 Å². The number of hydrazone groups is 1. The van der Waals surface area contributed by atoms with Crippen molar-refractivity contribution in [2.45, 2.75) is 13.8 Å². The Balaban J connectivity index is 1.99. The highest BCUT2D eigenvalue weighted by atomic mass is 79.9. The predicted molar refractivity (Wildman–Crippen MR) is 104 cm³/mol. The van der Waals surface area contributed by atoms with Gasteiger partial charge in [-0.25, -0.2) is 5.43 Å². The zero-order valence-electron chi connectivity index (χ0n) is 15.1. The topological polar surface area (TPSA) is 103 Å². The van der Waals surface area contributed by atoms with E-state index in [1.165, 1.54) is 38.3 Å². The fourth-order valence-corrected chi connectivity index (χ4v) is 2.40. The number of carbonyl (C=O) groups excluding carboxylic acids is 3. The lowest BCUT2D eigenvalue weighted by Crippen LogP contribution is -2.24. The van der Waals surface area contributed by atoms with Crippen molar-refractivity contribution >= 4 is 40.0 Å². The maximum absolute atomic E-state index is 11.8. The standard InChI is InChI=1S/C19H17BrN2O6/c1-12(23)27-15-8-7-14(18(9-15)28-13(2)24)10-21-22-19(25)11-26-17-6-4-3-5-16(17)20/h3-10H,11H2,1-2H3,(H,22,25)/b21-10+. The highest BCUT2D eigenvalue weighted by molar-refractivity contribution is 9.10. The summed E-state index contributed by atoms with van der Waals surface area (Å²) in [6.45, 7) is 2.26. The van der Waals surface area contributed by atoms with E-state index in [-0.39, 0.29) is 18.1 Å². The highest BCUT2D eigenvalue weighted by Gasteiger charge is 2.09. The summed E-state index contributed by atoms with van der Waals surface area (Å²) >= 11 is 3.32. The monoisotopic (exact) mass is 448 g/mol. The minimum absolute atomic E-state index is 0.133. The zero-order valence-corrected chi connectivity index (χ0v) is 16.7. The summed E-state index contributed by atoms with van der Waals surface area (Å²) in [5.74, 6) is -0.661. The second-order valence-corrected chi connectivity index (χ2v) is 6.25. The van der Waals surface area contributed by atoms with Crippen LogP contribution < -0.4 is 19.6 Å². The van der Waals surface area contributed by atoms with Crippen LogP contribution in [0.2, 0.25) is 0 Å². The average molecular weight is 449 g/mol. The molecular formula is C19H17BrN2O6. The molecule has 0 saturated carbocycles. The molecule has 0 radical (unpaired) electrons. The largest absolute Gasteiger partial charge is 0.483 e. The maximum atomic E-state index is 11.8. The molecule has 0 heterocycles. The molecule has 0 saturated heterocycles. The molecule has 9 heteroatoms. The van der Waals surface area contributed by atoms with Crippen LogP contribution in [0.4, 0.5) is 0 Å². The minimum atomic E-state index is -0.555. The molecule has 0 spiro atoms. The van der Waals surface area contributed by atoms with Gasteiger partial charge in [-0.1, -0.05) is 12.1 Å². The molecule has 0 aromatic heterocycles. The Labute approximate surface area is 169 Å². The summed E-state index contributed by atoms with van der Waals surface area (Å²) in [6.07, 6.45) is 1.30. The van der Waals surface area contributed by atoms with Gasteiger partial charge in [-0.05, 0) is 40.2 Å². The zero-order chi connectivity index (χ0) is 20.5. The van der Waals surface area contributed by atoms with Crippen molar-refractivity contribution in [2.24, 2.45) is 5.10 Å². The average Bonchev–Trinajstić information content (AvgIpc) is 2.62. The van der Waals surface area contributed by atoms with Crippen LogP contribution >= 0.6 is 15.9 Å². The van der Waals surface area contributed by atoms with E-state index in [0.717, 1.165) is 4.47 Å². The summed E-state index contributed by atoms with van der Waals surface area (Å²) < 4.78 is 16.1. The molecule has 28 heavy (non-hydrogen) atoms.